The highest BCUT2D eigenvalue weighted by molar-refractivity contribution is 5.90. The second kappa shape index (κ2) is 6.93. The maximum absolute atomic E-state index is 13.6. The third-order valence-electron chi connectivity index (χ3n) is 4.80. The molecule has 0 saturated carbocycles. The number of nitrogens with zero attached hydrogens (tertiary/aromatic N) is 5. The van der Waals surface area contributed by atoms with Crippen molar-refractivity contribution in [2.24, 2.45) is 0 Å². The van der Waals surface area contributed by atoms with Gasteiger partial charge in [-0.2, -0.15) is 0 Å². The van der Waals surface area contributed by atoms with Crippen LogP contribution in [0.5, 0.6) is 0 Å². The van der Waals surface area contributed by atoms with Crippen molar-refractivity contribution in [2.75, 3.05) is 25.0 Å². The van der Waals surface area contributed by atoms with Crippen LogP contribution >= 0.6 is 0 Å². The number of aromatic nitrogens is 3. The van der Waals surface area contributed by atoms with E-state index in [1.54, 1.807) is 15.8 Å². The number of halogens is 2. The Balaban J connectivity index is 1.31. The Morgan fingerprint density at radius 2 is 2.00 bits per heavy atom. The Morgan fingerprint density at radius 1 is 1.26 bits per heavy atom. The number of nitrogens with one attached hydrogen (secondary N) is 1. The molecule has 2 saturated heterocycles. The highest BCUT2D eigenvalue weighted by Gasteiger charge is 2.33. The molecule has 0 radical (unpaired) electrons. The Morgan fingerprint density at radius 3 is 2.67 bits per heavy atom. The molecule has 2 aromatic rings. The van der Waals surface area contributed by atoms with E-state index in [0.29, 0.717) is 31.7 Å². The molecule has 27 heavy (non-hydrogen) atoms. The lowest BCUT2D eigenvalue weighted by atomic mass is 10.1. The maximum Gasteiger partial charge on any atom is 0.322 e. The third kappa shape index (κ3) is 3.46. The fraction of sp³-hybridized carbons (Fsp3) is 0.412. The molecule has 1 aromatic heterocycles. The molecule has 0 spiro atoms. The lowest BCUT2D eigenvalue weighted by Crippen LogP contribution is -2.52. The van der Waals surface area contributed by atoms with E-state index in [1.165, 1.54) is 11.0 Å². The van der Waals surface area contributed by atoms with Crippen LogP contribution in [-0.2, 0) is 11.3 Å². The van der Waals surface area contributed by atoms with Crippen LogP contribution in [0.15, 0.2) is 24.4 Å². The van der Waals surface area contributed by atoms with Crippen LogP contribution in [0.25, 0.3) is 0 Å². The van der Waals surface area contributed by atoms with Gasteiger partial charge in [-0.05, 0) is 18.6 Å². The summed E-state index contributed by atoms with van der Waals surface area (Å²) in [6.07, 6.45) is 3.20. The van der Waals surface area contributed by atoms with Gasteiger partial charge in [-0.25, -0.2) is 18.3 Å². The van der Waals surface area contributed by atoms with Gasteiger partial charge in [-0.15, -0.1) is 5.10 Å². The first-order valence-electron chi connectivity index (χ1n) is 8.69. The summed E-state index contributed by atoms with van der Waals surface area (Å²) >= 11 is 0. The van der Waals surface area contributed by atoms with Gasteiger partial charge < -0.3 is 15.1 Å². The average molecular weight is 376 g/mol. The SMILES string of the molecule is O=C1CCCN1Cc1cn(C2CN(C(=O)Nc3c(F)cccc3F)C2)nn1. The Hall–Kier alpha value is -3.04. The lowest BCUT2D eigenvalue weighted by molar-refractivity contribution is -0.128. The van der Waals surface area contributed by atoms with Gasteiger partial charge in [0.25, 0.3) is 0 Å². The van der Waals surface area contributed by atoms with Crippen LogP contribution in [0.4, 0.5) is 19.3 Å². The van der Waals surface area contributed by atoms with Gasteiger partial charge in [-0.1, -0.05) is 11.3 Å². The molecule has 142 valence electrons. The van der Waals surface area contributed by atoms with E-state index in [0.717, 1.165) is 25.1 Å². The molecule has 0 atom stereocenters. The van der Waals surface area contributed by atoms with Crippen LogP contribution in [0, 0.1) is 11.6 Å². The second-order valence-electron chi connectivity index (χ2n) is 6.69. The highest BCUT2D eigenvalue weighted by Crippen LogP contribution is 2.24. The number of hydrogen-bond donors (Lipinski definition) is 1. The summed E-state index contributed by atoms with van der Waals surface area (Å²) in [6.45, 7) is 1.87. The molecule has 2 aliphatic rings. The standard InChI is InChI=1S/C17H18F2N6O2/c18-13-3-1-4-14(19)16(13)20-17(27)24-9-12(10-24)25-8-11(21-22-25)7-23-6-2-5-15(23)26/h1,3-4,8,12H,2,5-7,9-10H2,(H,20,27). The molecule has 10 heteroatoms. The number of carbonyl (C=O) groups is 2. The van der Waals surface area contributed by atoms with Crippen LogP contribution in [0.2, 0.25) is 0 Å². The Labute approximate surface area is 153 Å². The smallest absolute Gasteiger partial charge is 0.322 e. The van der Waals surface area contributed by atoms with Crippen molar-refractivity contribution in [3.05, 3.63) is 41.7 Å². The first kappa shape index (κ1) is 17.4. The van der Waals surface area contributed by atoms with Crippen molar-refractivity contribution in [2.45, 2.75) is 25.4 Å². The number of hydrogen-bond acceptors (Lipinski definition) is 4. The topological polar surface area (TPSA) is 83.4 Å². The summed E-state index contributed by atoms with van der Waals surface area (Å²) in [6, 6.07) is 2.77. The first-order valence-corrected chi connectivity index (χ1v) is 8.69. The van der Waals surface area contributed by atoms with Gasteiger partial charge in [0.2, 0.25) is 5.91 Å². The van der Waals surface area contributed by atoms with Gasteiger partial charge in [-0.3, -0.25) is 4.79 Å². The number of rotatable bonds is 4. The summed E-state index contributed by atoms with van der Waals surface area (Å²) in [7, 11) is 0. The molecule has 4 rings (SSSR count). The number of anilines is 1. The third-order valence-corrected chi connectivity index (χ3v) is 4.80. The van der Waals surface area contributed by atoms with Gasteiger partial charge in [0.05, 0.1) is 18.8 Å². The summed E-state index contributed by atoms with van der Waals surface area (Å²) in [4.78, 5) is 27.0. The van der Waals surface area contributed by atoms with Crippen molar-refractivity contribution >= 4 is 17.6 Å². The molecule has 3 amide bonds. The molecule has 0 bridgehead atoms. The van der Waals surface area contributed by atoms with E-state index < -0.39 is 23.4 Å². The average Bonchev–Trinajstić information content (AvgIpc) is 3.20. The monoisotopic (exact) mass is 376 g/mol. The summed E-state index contributed by atoms with van der Waals surface area (Å²) < 4.78 is 28.9. The van der Waals surface area contributed by atoms with Crippen molar-refractivity contribution in [1.29, 1.82) is 0 Å². The van der Waals surface area contributed by atoms with E-state index in [2.05, 4.69) is 15.6 Å². The molecular formula is C17H18F2N6O2. The maximum atomic E-state index is 13.6. The van der Waals surface area contributed by atoms with Crippen LogP contribution < -0.4 is 5.32 Å². The number of carbonyl (C=O) groups excluding carboxylic acids is 2. The molecule has 1 N–H and O–H groups in total. The van der Waals surface area contributed by atoms with E-state index >= 15 is 0 Å². The second-order valence-corrected chi connectivity index (χ2v) is 6.69. The predicted molar refractivity (Wildman–Crippen MR) is 90.7 cm³/mol. The number of likely N-dealkylation sites (tertiary alicyclic amines) is 2. The summed E-state index contributed by atoms with van der Waals surface area (Å²) in [5.41, 5.74) is 0.242. The Bertz CT molecular complexity index is 860. The van der Waals surface area contributed by atoms with Crippen LogP contribution in [-0.4, -0.2) is 56.4 Å². The largest absolute Gasteiger partial charge is 0.337 e. The van der Waals surface area contributed by atoms with E-state index in [-0.39, 0.29) is 11.9 Å². The van der Waals surface area contributed by atoms with Gasteiger partial charge in [0, 0.05) is 26.1 Å². The van der Waals surface area contributed by atoms with Gasteiger partial charge >= 0.3 is 6.03 Å². The summed E-state index contributed by atoms with van der Waals surface area (Å²) in [5.74, 6) is -1.52. The van der Waals surface area contributed by atoms with E-state index in [9.17, 15) is 18.4 Å². The fourth-order valence-corrected chi connectivity index (χ4v) is 3.22. The molecule has 1 aromatic carbocycles. The minimum Gasteiger partial charge on any atom is -0.337 e. The first-order chi connectivity index (χ1) is 13.0. The van der Waals surface area contributed by atoms with Crippen molar-refractivity contribution in [3.8, 4) is 0 Å². The minimum absolute atomic E-state index is 0.0586. The zero-order valence-electron chi connectivity index (χ0n) is 14.4. The number of amides is 3. The van der Waals surface area contributed by atoms with Crippen LogP contribution in [0.1, 0.15) is 24.6 Å². The number of para-hydroxylation sites is 1. The molecule has 0 aliphatic carbocycles. The van der Waals surface area contributed by atoms with Gasteiger partial charge in [0.1, 0.15) is 23.0 Å². The van der Waals surface area contributed by atoms with Crippen molar-refractivity contribution < 1.29 is 18.4 Å². The lowest BCUT2D eigenvalue weighted by Gasteiger charge is -2.38. The van der Waals surface area contributed by atoms with Crippen LogP contribution in [0.3, 0.4) is 0 Å². The normalized spacial score (nSPS) is 17.3. The zero-order valence-corrected chi connectivity index (χ0v) is 14.4. The molecule has 2 fully saturated rings. The molecule has 0 unspecified atom stereocenters. The molecular weight excluding hydrogens is 358 g/mol. The molecule has 3 heterocycles. The Kier molecular flexibility index (Phi) is 4.46. The highest BCUT2D eigenvalue weighted by atomic mass is 19.1. The van der Waals surface area contributed by atoms with E-state index in [4.69, 9.17) is 0 Å². The summed E-state index contributed by atoms with van der Waals surface area (Å²) in [5, 5.41) is 10.4. The predicted octanol–water partition coefficient (Wildman–Crippen LogP) is 1.77. The number of benzene rings is 1. The molecule has 2 aliphatic heterocycles. The zero-order chi connectivity index (χ0) is 19.0. The minimum atomic E-state index is -0.821. The molecule has 8 nitrogen and oxygen atoms in total. The van der Waals surface area contributed by atoms with Crippen molar-refractivity contribution in [3.63, 3.8) is 0 Å². The number of urea groups is 1. The fourth-order valence-electron chi connectivity index (χ4n) is 3.22. The van der Waals surface area contributed by atoms with E-state index in [1.807, 2.05) is 0 Å². The quantitative estimate of drug-likeness (QED) is 0.882. The van der Waals surface area contributed by atoms with Gasteiger partial charge in [0.15, 0.2) is 0 Å². The van der Waals surface area contributed by atoms with Crippen molar-refractivity contribution in [1.82, 2.24) is 24.8 Å².